The van der Waals surface area contributed by atoms with E-state index in [2.05, 4.69) is 16.0 Å². The number of hydrogen-bond donors (Lipinski definition) is 5. The first kappa shape index (κ1) is 27.1. The van der Waals surface area contributed by atoms with E-state index in [1.54, 1.807) is 11.8 Å². The van der Waals surface area contributed by atoms with E-state index in [1.807, 2.05) is 60.7 Å². The lowest BCUT2D eigenvalue weighted by Gasteiger charge is -2.42. The highest BCUT2D eigenvalue weighted by Crippen LogP contribution is 2.36. The minimum absolute atomic E-state index is 0.138. The molecule has 4 rings (SSSR count). The van der Waals surface area contributed by atoms with E-state index < -0.39 is 30.1 Å². The average Bonchev–Trinajstić information content (AvgIpc) is 3.37. The van der Waals surface area contributed by atoms with Gasteiger partial charge >= 0.3 is 6.03 Å². The van der Waals surface area contributed by atoms with Gasteiger partial charge in [-0.15, -0.1) is 0 Å². The lowest BCUT2D eigenvalue weighted by atomic mass is 9.85. The van der Waals surface area contributed by atoms with Crippen molar-refractivity contribution in [3.8, 4) is 0 Å². The second-order valence-electron chi connectivity index (χ2n) is 10.00. The van der Waals surface area contributed by atoms with E-state index in [9.17, 15) is 19.2 Å². The number of primary amides is 1. The van der Waals surface area contributed by atoms with Gasteiger partial charge in [0.05, 0.1) is 12.1 Å². The zero-order valence-electron chi connectivity index (χ0n) is 21.5. The number of fused-ring (bicyclic) bond motifs is 1. The van der Waals surface area contributed by atoms with Crippen LogP contribution in [-0.4, -0.2) is 59.4 Å². The molecular formula is C28H36N6O4. The third kappa shape index (κ3) is 5.96. The predicted molar refractivity (Wildman–Crippen MR) is 142 cm³/mol. The molecule has 0 aliphatic carbocycles. The number of nitrogens with zero attached hydrogens (tertiary/aromatic N) is 1. The average molecular weight is 521 g/mol. The fraction of sp³-hybridized carbons (Fsp3) is 0.429. The number of carbonyl (C=O) groups is 4. The molecule has 10 nitrogen and oxygen atoms in total. The van der Waals surface area contributed by atoms with Crippen LogP contribution in [0.15, 0.2) is 60.7 Å². The molecule has 38 heavy (non-hydrogen) atoms. The zero-order valence-corrected chi connectivity index (χ0v) is 21.5. The fourth-order valence-corrected chi connectivity index (χ4v) is 5.50. The Morgan fingerprint density at radius 1 is 1.00 bits per heavy atom. The third-order valence-corrected chi connectivity index (χ3v) is 7.54. The van der Waals surface area contributed by atoms with Crippen LogP contribution < -0.4 is 27.4 Å². The molecule has 0 spiro atoms. The Morgan fingerprint density at radius 3 is 2.16 bits per heavy atom. The summed E-state index contributed by atoms with van der Waals surface area (Å²) in [5.41, 5.74) is 13.0. The first-order valence-electron chi connectivity index (χ1n) is 13.1. The van der Waals surface area contributed by atoms with Crippen LogP contribution in [0, 0.1) is 5.92 Å². The fourth-order valence-electron chi connectivity index (χ4n) is 5.50. The summed E-state index contributed by atoms with van der Waals surface area (Å²) in [6.07, 6.45) is 2.08. The van der Waals surface area contributed by atoms with E-state index in [4.69, 9.17) is 11.5 Å². The second-order valence-corrected chi connectivity index (χ2v) is 10.00. The lowest BCUT2D eigenvalue weighted by Crippen LogP contribution is -2.64. The summed E-state index contributed by atoms with van der Waals surface area (Å²) >= 11 is 0. The van der Waals surface area contributed by atoms with Crippen molar-refractivity contribution in [3.63, 3.8) is 0 Å². The van der Waals surface area contributed by atoms with Gasteiger partial charge in [-0.05, 0) is 36.8 Å². The van der Waals surface area contributed by atoms with E-state index in [0.29, 0.717) is 25.7 Å². The van der Waals surface area contributed by atoms with Crippen LogP contribution in [0.3, 0.4) is 0 Å². The van der Waals surface area contributed by atoms with E-state index in [-0.39, 0.29) is 36.4 Å². The first-order valence-corrected chi connectivity index (χ1v) is 13.1. The highest BCUT2D eigenvalue weighted by molar-refractivity contribution is 5.94. The van der Waals surface area contributed by atoms with Crippen LogP contribution in [0.25, 0.3) is 0 Å². The molecule has 0 aromatic heterocycles. The summed E-state index contributed by atoms with van der Waals surface area (Å²) in [6, 6.07) is 15.7. The normalized spacial score (nSPS) is 23.4. The van der Waals surface area contributed by atoms with Crippen molar-refractivity contribution in [2.45, 2.75) is 62.8 Å². The number of urea groups is 1. The summed E-state index contributed by atoms with van der Waals surface area (Å²) in [6.45, 7) is 1.92. The van der Waals surface area contributed by atoms with Crippen LogP contribution >= 0.6 is 0 Å². The van der Waals surface area contributed by atoms with Gasteiger partial charge in [-0.3, -0.25) is 14.4 Å². The van der Waals surface area contributed by atoms with Gasteiger partial charge in [0, 0.05) is 18.5 Å². The number of nitrogens with one attached hydrogen (secondary N) is 3. The Kier molecular flexibility index (Phi) is 8.62. The molecule has 0 bridgehead atoms. The van der Waals surface area contributed by atoms with Crippen molar-refractivity contribution in [2.75, 3.05) is 6.54 Å². The summed E-state index contributed by atoms with van der Waals surface area (Å²) in [4.78, 5) is 53.1. The highest BCUT2D eigenvalue weighted by Gasteiger charge is 2.50. The van der Waals surface area contributed by atoms with Gasteiger partial charge in [-0.25, -0.2) is 4.79 Å². The Morgan fingerprint density at radius 2 is 1.61 bits per heavy atom. The smallest absolute Gasteiger partial charge is 0.312 e. The molecule has 2 aliphatic rings. The maximum Gasteiger partial charge on any atom is 0.312 e. The van der Waals surface area contributed by atoms with E-state index in [0.717, 1.165) is 11.1 Å². The van der Waals surface area contributed by atoms with Gasteiger partial charge in [0.25, 0.3) is 0 Å². The summed E-state index contributed by atoms with van der Waals surface area (Å²) in [5.74, 6) is -1.40. The SMILES string of the molecule is CC[C@H](N)C(=O)N[C@@H]1C(=O)N2C(CC[C@H]2C(=O)NC(c2ccccc2)c2ccccc2)C[C@@H]1CNC(N)=O. The van der Waals surface area contributed by atoms with Gasteiger partial charge in [0.1, 0.15) is 12.1 Å². The Balaban J connectivity index is 1.56. The maximum atomic E-state index is 13.8. The molecule has 10 heteroatoms. The third-order valence-electron chi connectivity index (χ3n) is 7.54. The van der Waals surface area contributed by atoms with Gasteiger partial charge in [-0.2, -0.15) is 0 Å². The van der Waals surface area contributed by atoms with Crippen molar-refractivity contribution in [1.29, 1.82) is 0 Å². The van der Waals surface area contributed by atoms with Crippen LogP contribution in [0.2, 0.25) is 0 Å². The molecule has 1 unspecified atom stereocenters. The lowest BCUT2D eigenvalue weighted by molar-refractivity contribution is -0.148. The predicted octanol–water partition coefficient (Wildman–Crippen LogP) is 1.16. The van der Waals surface area contributed by atoms with E-state index >= 15 is 0 Å². The number of benzene rings is 2. The van der Waals surface area contributed by atoms with Crippen LogP contribution in [0.5, 0.6) is 0 Å². The number of nitrogens with two attached hydrogens (primary N) is 2. The second kappa shape index (κ2) is 12.1. The van der Waals surface area contributed by atoms with Gasteiger partial charge in [0.2, 0.25) is 17.7 Å². The number of rotatable bonds is 9. The molecule has 2 saturated heterocycles. The van der Waals surface area contributed by atoms with Crippen molar-refractivity contribution >= 4 is 23.8 Å². The summed E-state index contributed by atoms with van der Waals surface area (Å²) in [7, 11) is 0. The molecule has 2 aromatic carbocycles. The molecule has 0 radical (unpaired) electrons. The van der Waals surface area contributed by atoms with Gasteiger partial charge < -0.3 is 32.3 Å². The molecule has 5 atom stereocenters. The molecule has 5 amide bonds. The quantitative estimate of drug-likeness (QED) is 0.335. The van der Waals surface area contributed by atoms with Crippen molar-refractivity contribution in [2.24, 2.45) is 17.4 Å². The topological polar surface area (TPSA) is 160 Å². The molecule has 0 saturated carbocycles. The summed E-state index contributed by atoms with van der Waals surface area (Å²) < 4.78 is 0. The van der Waals surface area contributed by atoms with Crippen LogP contribution in [-0.2, 0) is 14.4 Å². The maximum absolute atomic E-state index is 13.8. The zero-order chi connectivity index (χ0) is 27.2. The molecule has 202 valence electrons. The Hall–Kier alpha value is -3.92. The molecule has 2 fully saturated rings. The van der Waals surface area contributed by atoms with Crippen molar-refractivity contribution in [1.82, 2.24) is 20.9 Å². The molecule has 2 aromatic rings. The van der Waals surface area contributed by atoms with Gasteiger partial charge in [-0.1, -0.05) is 67.6 Å². The van der Waals surface area contributed by atoms with Crippen LogP contribution in [0.1, 0.15) is 49.8 Å². The van der Waals surface area contributed by atoms with Crippen molar-refractivity contribution < 1.29 is 19.2 Å². The largest absolute Gasteiger partial charge is 0.352 e. The summed E-state index contributed by atoms with van der Waals surface area (Å²) in [5, 5.41) is 8.51. The highest BCUT2D eigenvalue weighted by atomic mass is 16.2. The van der Waals surface area contributed by atoms with Gasteiger partial charge in [0.15, 0.2) is 0 Å². The molecule has 2 heterocycles. The number of carbonyl (C=O) groups excluding carboxylic acids is 4. The number of amides is 5. The van der Waals surface area contributed by atoms with Crippen LogP contribution in [0.4, 0.5) is 4.79 Å². The molecule has 2 aliphatic heterocycles. The minimum Gasteiger partial charge on any atom is -0.352 e. The number of piperidine rings is 1. The Bertz CT molecular complexity index is 1110. The number of hydrogen-bond acceptors (Lipinski definition) is 5. The van der Waals surface area contributed by atoms with Crippen molar-refractivity contribution in [3.05, 3.63) is 71.8 Å². The standard InChI is InChI=1S/C28H36N6O4/c1-2-21(29)25(35)33-24-19(16-31-28(30)38)15-20-13-14-22(34(20)27(24)37)26(36)32-23(17-9-5-3-6-10-17)18-11-7-4-8-12-18/h3-12,19-24H,2,13-16,29H2,1H3,(H,32,36)(H,33,35)(H3,30,31,38)/t19-,20?,21+,22+,24+/m1/s1. The molecule has 7 N–H and O–H groups in total. The first-order chi connectivity index (χ1) is 18.3. The molecular weight excluding hydrogens is 484 g/mol. The monoisotopic (exact) mass is 520 g/mol. The van der Waals surface area contributed by atoms with E-state index in [1.165, 1.54) is 0 Å². The Labute approximate surface area is 222 Å². The minimum atomic E-state index is -0.921.